The number of anilines is 1. The second kappa shape index (κ2) is 11.3. The number of aromatic nitrogens is 1. The van der Waals surface area contributed by atoms with Crippen LogP contribution in [0.25, 0.3) is 16.5 Å². The molecule has 11 heteroatoms. The van der Waals surface area contributed by atoms with Gasteiger partial charge in [-0.3, -0.25) is 14.3 Å². The van der Waals surface area contributed by atoms with Crippen LogP contribution >= 0.6 is 11.6 Å². The van der Waals surface area contributed by atoms with Crippen molar-refractivity contribution >= 4 is 50.2 Å². The SMILES string of the molecule is Cc1ccc(-n2c(O)c(C=NNC(=O)c3cccc(S(=O)(=O)Nc4ccccc4Cl)c3)c3ccccc3c2=O)cc1. The van der Waals surface area contributed by atoms with E-state index in [-0.39, 0.29) is 32.6 Å². The fourth-order valence-electron chi connectivity index (χ4n) is 4.19. The molecule has 1 heterocycles. The molecule has 0 saturated carbocycles. The van der Waals surface area contributed by atoms with Crippen molar-refractivity contribution in [3.63, 3.8) is 0 Å². The average molecular weight is 587 g/mol. The Balaban J connectivity index is 1.44. The van der Waals surface area contributed by atoms with Gasteiger partial charge in [-0.2, -0.15) is 5.10 Å². The molecule has 5 aromatic rings. The Kier molecular flexibility index (Phi) is 7.60. The van der Waals surface area contributed by atoms with Gasteiger partial charge in [0.1, 0.15) is 0 Å². The molecule has 0 unspecified atom stereocenters. The van der Waals surface area contributed by atoms with Gasteiger partial charge in [0.15, 0.2) is 0 Å². The Morgan fingerprint density at radius 3 is 2.34 bits per heavy atom. The third-order valence-corrected chi connectivity index (χ3v) is 7.97. The zero-order valence-corrected chi connectivity index (χ0v) is 23.1. The zero-order chi connectivity index (χ0) is 29.1. The van der Waals surface area contributed by atoms with Crippen molar-refractivity contribution in [2.45, 2.75) is 11.8 Å². The molecule has 0 radical (unpaired) electrons. The van der Waals surface area contributed by atoms with Crippen LogP contribution in [0.4, 0.5) is 5.69 Å². The number of sulfonamides is 1. The molecule has 206 valence electrons. The summed E-state index contributed by atoms with van der Waals surface area (Å²) in [5.41, 5.74) is 3.84. The molecule has 9 nitrogen and oxygen atoms in total. The Hall–Kier alpha value is -4.93. The molecule has 0 fully saturated rings. The van der Waals surface area contributed by atoms with E-state index in [1.165, 1.54) is 41.1 Å². The second-order valence-electron chi connectivity index (χ2n) is 9.07. The number of para-hydroxylation sites is 1. The number of carbonyl (C=O) groups is 1. The van der Waals surface area contributed by atoms with Gasteiger partial charge in [-0.25, -0.2) is 18.4 Å². The predicted molar refractivity (Wildman–Crippen MR) is 160 cm³/mol. The molecule has 0 bridgehead atoms. The van der Waals surface area contributed by atoms with Crippen molar-refractivity contribution in [2.75, 3.05) is 4.72 Å². The molecule has 3 N–H and O–H groups in total. The lowest BCUT2D eigenvalue weighted by molar-refractivity contribution is 0.0955. The van der Waals surface area contributed by atoms with E-state index in [1.807, 2.05) is 19.1 Å². The maximum atomic E-state index is 13.2. The number of rotatable bonds is 7. The highest BCUT2D eigenvalue weighted by molar-refractivity contribution is 7.92. The van der Waals surface area contributed by atoms with Gasteiger partial charge in [-0.1, -0.05) is 65.7 Å². The third-order valence-electron chi connectivity index (χ3n) is 6.28. The summed E-state index contributed by atoms with van der Waals surface area (Å²) in [6.45, 7) is 1.91. The topological polar surface area (TPSA) is 130 Å². The van der Waals surface area contributed by atoms with Gasteiger partial charge >= 0.3 is 0 Å². The Morgan fingerprint density at radius 1 is 0.927 bits per heavy atom. The van der Waals surface area contributed by atoms with Gasteiger partial charge in [0.25, 0.3) is 21.5 Å². The second-order valence-corrected chi connectivity index (χ2v) is 11.2. The van der Waals surface area contributed by atoms with E-state index in [0.29, 0.717) is 16.5 Å². The number of fused-ring (bicyclic) bond motifs is 1. The number of benzene rings is 4. The summed E-state index contributed by atoms with van der Waals surface area (Å²) in [5, 5.41) is 16.1. The minimum Gasteiger partial charge on any atom is -0.494 e. The summed E-state index contributed by atoms with van der Waals surface area (Å²) in [5.74, 6) is -1.04. The van der Waals surface area contributed by atoms with Gasteiger partial charge < -0.3 is 5.11 Å². The molecule has 0 aliphatic heterocycles. The van der Waals surface area contributed by atoms with Crippen molar-refractivity contribution in [3.05, 3.63) is 129 Å². The Morgan fingerprint density at radius 2 is 1.61 bits per heavy atom. The van der Waals surface area contributed by atoms with Crippen LogP contribution in [0.1, 0.15) is 21.5 Å². The van der Waals surface area contributed by atoms with E-state index in [9.17, 15) is 23.1 Å². The number of pyridine rings is 1. The number of carbonyl (C=O) groups excluding carboxylic acids is 1. The van der Waals surface area contributed by atoms with Crippen LogP contribution in [0.2, 0.25) is 5.02 Å². The molecular formula is C30H23ClN4O5S. The first-order chi connectivity index (χ1) is 19.7. The highest BCUT2D eigenvalue weighted by Crippen LogP contribution is 2.26. The number of aromatic hydroxyl groups is 1. The number of halogens is 1. The van der Waals surface area contributed by atoms with Gasteiger partial charge in [0, 0.05) is 16.3 Å². The molecule has 4 aromatic carbocycles. The first-order valence-corrected chi connectivity index (χ1v) is 14.2. The number of aryl methyl sites for hydroxylation is 1. The minimum atomic E-state index is -4.04. The van der Waals surface area contributed by atoms with E-state index in [1.54, 1.807) is 54.6 Å². The van der Waals surface area contributed by atoms with E-state index in [0.717, 1.165) is 5.56 Å². The summed E-state index contributed by atoms with van der Waals surface area (Å²) in [6.07, 6.45) is 1.24. The summed E-state index contributed by atoms with van der Waals surface area (Å²) < 4.78 is 29.4. The Bertz CT molecular complexity index is 1990. The molecule has 0 aliphatic rings. The lowest BCUT2D eigenvalue weighted by Gasteiger charge is -2.14. The van der Waals surface area contributed by atoms with E-state index in [2.05, 4.69) is 15.2 Å². The van der Waals surface area contributed by atoms with Crippen molar-refractivity contribution in [2.24, 2.45) is 5.10 Å². The molecular weight excluding hydrogens is 564 g/mol. The van der Waals surface area contributed by atoms with Crippen LogP contribution in [0, 0.1) is 6.92 Å². The molecule has 0 aliphatic carbocycles. The average Bonchev–Trinajstić information content (AvgIpc) is 2.97. The van der Waals surface area contributed by atoms with E-state index < -0.39 is 21.5 Å². The molecule has 1 aromatic heterocycles. The monoisotopic (exact) mass is 586 g/mol. The fourth-order valence-corrected chi connectivity index (χ4v) is 5.56. The maximum Gasteiger partial charge on any atom is 0.271 e. The number of hydrogen-bond donors (Lipinski definition) is 3. The zero-order valence-electron chi connectivity index (χ0n) is 21.6. The normalized spacial score (nSPS) is 11.6. The van der Waals surface area contributed by atoms with E-state index in [4.69, 9.17) is 11.6 Å². The van der Waals surface area contributed by atoms with Crippen LogP contribution < -0.4 is 15.7 Å². The van der Waals surface area contributed by atoms with Gasteiger partial charge in [0.2, 0.25) is 5.88 Å². The first kappa shape index (κ1) is 27.6. The van der Waals surface area contributed by atoms with Crippen molar-refractivity contribution in [1.29, 1.82) is 0 Å². The Labute approximate surface area is 240 Å². The molecule has 1 amide bonds. The quantitative estimate of drug-likeness (QED) is 0.178. The lowest BCUT2D eigenvalue weighted by atomic mass is 10.1. The maximum absolute atomic E-state index is 13.2. The number of hydrazone groups is 1. The number of nitrogens with zero attached hydrogens (tertiary/aromatic N) is 2. The highest BCUT2D eigenvalue weighted by Gasteiger charge is 2.19. The van der Waals surface area contributed by atoms with Gasteiger partial charge in [-0.15, -0.1) is 0 Å². The number of amides is 1. The largest absolute Gasteiger partial charge is 0.494 e. The highest BCUT2D eigenvalue weighted by atomic mass is 35.5. The van der Waals surface area contributed by atoms with Crippen molar-refractivity contribution in [1.82, 2.24) is 9.99 Å². The molecule has 0 saturated heterocycles. The van der Waals surface area contributed by atoms with Crippen LogP contribution in [-0.2, 0) is 10.0 Å². The lowest BCUT2D eigenvalue weighted by Crippen LogP contribution is -2.21. The predicted octanol–water partition coefficient (Wildman–Crippen LogP) is 5.22. The number of nitrogens with one attached hydrogen (secondary N) is 2. The fraction of sp³-hybridized carbons (Fsp3) is 0.0333. The summed E-state index contributed by atoms with van der Waals surface area (Å²) in [6, 6.07) is 25.6. The summed E-state index contributed by atoms with van der Waals surface area (Å²) in [7, 11) is -4.04. The van der Waals surface area contributed by atoms with Crippen LogP contribution in [-0.4, -0.2) is 30.2 Å². The molecule has 0 atom stereocenters. The van der Waals surface area contributed by atoms with Crippen molar-refractivity contribution in [3.8, 4) is 11.6 Å². The minimum absolute atomic E-state index is 0.0305. The van der Waals surface area contributed by atoms with E-state index >= 15 is 0 Å². The third kappa shape index (κ3) is 5.69. The standard InChI is InChI=1S/C30H23ClN4O5S/c1-19-13-15-21(16-14-19)35-29(37)24-10-3-2-9-23(24)25(30(35)38)18-32-33-28(36)20-7-6-8-22(17-20)41(39,40)34-27-12-5-4-11-26(27)31/h2-18,34,38H,1H3,(H,33,36). The van der Waals surface area contributed by atoms with Crippen molar-refractivity contribution < 1.29 is 18.3 Å². The van der Waals surface area contributed by atoms with Crippen LogP contribution in [0.15, 0.2) is 112 Å². The number of hydrogen-bond acceptors (Lipinski definition) is 6. The van der Waals surface area contributed by atoms with Gasteiger partial charge in [0.05, 0.1) is 33.1 Å². The molecule has 0 spiro atoms. The molecule has 41 heavy (non-hydrogen) atoms. The first-order valence-electron chi connectivity index (χ1n) is 12.3. The smallest absolute Gasteiger partial charge is 0.271 e. The summed E-state index contributed by atoms with van der Waals surface area (Å²) in [4.78, 5) is 25.9. The summed E-state index contributed by atoms with van der Waals surface area (Å²) >= 11 is 6.07. The van der Waals surface area contributed by atoms with Crippen LogP contribution in [0.5, 0.6) is 5.88 Å². The van der Waals surface area contributed by atoms with Crippen LogP contribution in [0.3, 0.4) is 0 Å². The van der Waals surface area contributed by atoms with Gasteiger partial charge in [-0.05, 0) is 55.5 Å². The molecule has 5 rings (SSSR count).